The van der Waals surface area contributed by atoms with Crippen molar-refractivity contribution in [1.29, 1.82) is 0 Å². The van der Waals surface area contributed by atoms with Gasteiger partial charge < -0.3 is 19.5 Å². The summed E-state index contributed by atoms with van der Waals surface area (Å²) >= 11 is 1.23. The molecule has 0 aromatic carbocycles. The van der Waals surface area contributed by atoms with E-state index in [9.17, 15) is 14.7 Å². The number of carboxylic acid groups (broad SMARTS) is 1. The Morgan fingerprint density at radius 2 is 2.11 bits per heavy atom. The predicted molar refractivity (Wildman–Crippen MR) is 69.0 cm³/mol. The number of amides is 1. The van der Waals surface area contributed by atoms with Crippen LogP contribution in [0.15, 0.2) is 6.07 Å². The van der Waals surface area contributed by atoms with E-state index in [4.69, 9.17) is 4.74 Å². The molecule has 0 N–H and O–H groups in total. The highest BCUT2D eigenvalue weighted by Gasteiger charge is 2.26. The van der Waals surface area contributed by atoms with E-state index in [0.29, 0.717) is 19.5 Å². The van der Waals surface area contributed by atoms with Gasteiger partial charge in [0.15, 0.2) is 0 Å². The Labute approximate surface area is 115 Å². The molecule has 19 heavy (non-hydrogen) atoms. The third-order valence-electron chi connectivity index (χ3n) is 2.72. The van der Waals surface area contributed by atoms with Crippen molar-refractivity contribution in [1.82, 2.24) is 4.90 Å². The Kier molecular flexibility index (Phi) is 3.54. The first-order chi connectivity index (χ1) is 8.76. The molecule has 2 rings (SSSR count). The lowest BCUT2D eigenvalue weighted by atomic mass is 10.1. The van der Waals surface area contributed by atoms with E-state index >= 15 is 0 Å². The molecule has 0 saturated carbocycles. The molecular formula is C13H16NO4S-. The van der Waals surface area contributed by atoms with Crippen molar-refractivity contribution in [3.05, 3.63) is 21.4 Å². The van der Waals surface area contributed by atoms with Crippen LogP contribution in [0.4, 0.5) is 4.79 Å². The summed E-state index contributed by atoms with van der Waals surface area (Å²) < 4.78 is 5.31. The molecule has 1 aliphatic rings. The normalized spacial score (nSPS) is 15.0. The number of carboxylic acids is 1. The van der Waals surface area contributed by atoms with E-state index in [2.05, 4.69) is 0 Å². The summed E-state index contributed by atoms with van der Waals surface area (Å²) in [5.41, 5.74) is 0.351. The topological polar surface area (TPSA) is 69.7 Å². The number of hydrogen-bond acceptors (Lipinski definition) is 5. The van der Waals surface area contributed by atoms with Crippen molar-refractivity contribution in [3.8, 4) is 0 Å². The second kappa shape index (κ2) is 4.85. The monoisotopic (exact) mass is 282 g/mol. The van der Waals surface area contributed by atoms with Gasteiger partial charge in [-0.15, -0.1) is 11.3 Å². The number of aromatic carboxylic acids is 1. The summed E-state index contributed by atoms with van der Waals surface area (Å²) in [4.78, 5) is 25.6. The van der Waals surface area contributed by atoms with E-state index in [-0.39, 0.29) is 11.0 Å². The summed E-state index contributed by atoms with van der Waals surface area (Å²) in [5, 5.41) is 10.8. The van der Waals surface area contributed by atoms with Crippen LogP contribution in [-0.2, 0) is 17.7 Å². The van der Waals surface area contributed by atoms with Crippen LogP contribution in [-0.4, -0.2) is 29.1 Å². The van der Waals surface area contributed by atoms with Crippen molar-refractivity contribution in [2.24, 2.45) is 0 Å². The average Bonchev–Trinajstić information content (AvgIpc) is 2.69. The molecule has 1 aromatic heterocycles. The highest BCUT2D eigenvalue weighted by molar-refractivity contribution is 7.14. The molecule has 0 bridgehead atoms. The third-order valence-corrected chi connectivity index (χ3v) is 3.94. The van der Waals surface area contributed by atoms with Gasteiger partial charge in [-0.05, 0) is 38.8 Å². The molecule has 0 aliphatic carbocycles. The standard InChI is InChI=1S/C13H17NO4S/c1-13(2,3)18-12(17)14-5-4-9-8(7-14)6-10(19-9)11(15)16/h6H,4-5,7H2,1-3H3,(H,15,16)/p-1. The fourth-order valence-electron chi connectivity index (χ4n) is 1.92. The summed E-state index contributed by atoms with van der Waals surface area (Å²) in [6.45, 7) is 6.40. The molecule has 104 valence electrons. The van der Waals surface area contributed by atoms with E-state index in [0.717, 1.165) is 10.4 Å². The van der Waals surface area contributed by atoms with Gasteiger partial charge in [0.2, 0.25) is 0 Å². The Morgan fingerprint density at radius 1 is 1.42 bits per heavy atom. The largest absolute Gasteiger partial charge is 0.544 e. The minimum absolute atomic E-state index is 0.219. The molecule has 1 amide bonds. The van der Waals surface area contributed by atoms with Crippen molar-refractivity contribution in [3.63, 3.8) is 0 Å². The van der Waals surface area contributed by atoms with Gasteiger partial charge in [-0.3, -0.25) is 0 Å². The zero-order valence-corrected chi connectivity index (χ0v) is 12.0. The number of thiophene rings is 1. The number of fused-ring (bicyclic) bond motifs is 1. The van der Waals surface area contributed by atoms with Crippen LogP contribution in [0.3, 0.4) is 0 Å². The second-order valence-corrected chi connectivity index (χ2v) is 6.64. The van der Waals surface area contributed by atoms with Gasteiger partial charge >= 0.3 is 6.09 Å². The lowest BCUT2D eigenvalue weighted by molar-refractivity contribution is -0.254. The van der Waals surface area contributed by atoms with Crippen LogP contribution < -0.4 is 5.11 Å². The Hall–Kier alpha value is -1.56. The number of ether oxygens (including phenoxy) is 1. The molecular weight excluding hydrogens is 266 g/mol. The summed E-state index contributed by atoms with van der Waals surface area (Å²) in [5.74, 6) is -1.16. The number of carbonyl (C=O) groups is 2. The fraction of sp³-hybridized carbons (Fsp3) is 0.538. The smallest absolute Gasteiger partial charge is 0.410 e. The van der Waals surface area contributed by atoms with Gasteiger partial charge in [-0.25, -0.2) is 4.79 Å². The Bertz CT molecular complexity index is 515. The predicted octanol–water partition coefficient (Wildman–Crippen LogP) is 1.40. The molecule has 5 nitrogen and oxygen atoms in total. The maximum absolute atomic E-state index is 11.9. The summed E-state index contributed by atoms with van der Waals surface area (Å²) in [6.07, 6.45) is 0.298. The van der Waals surface area contributed by atoms with Crippen molar-refractivity contribution in [2.75, 3.05) is 6.54 Å². The van der Waals surface area contributed by atoms with Gasteiger partial charge in [-0.2, -0.15) is 0 Å². The number of hydrogen-bond donors (Lipinski definition) is 0. The quantitative estimate of drug-likeness (QED) is 0.781. The average molecular weight is 282 g/mol. The van der Waals surface area contributed by atoms with E-state index < -0.39 is 11.6 Å². The maximum Gasteiger partial charge on any atom is 0.410 e. The van der Waals surface area contributed by atoms with Gasteiger partial charge in [0.25, 0.3) is 0 Å². The summed E-state index contributed by atoms with van der Waals surface area (Å²) in [6, 6.07) is 1.59. The van der Waals surface area contributed by atoms with Crippen LogP contribution >= 0.6 is 11.3 Å². The highest BCUT2D eigenvalue weighted by atomic mass is 32.1. The second-order valence-electron chi connectivity index (χ2n) is 5.50. The first-order valence-electron chi connectivity index (χ1n) is 6.07. The summed E-state index contributed by atoms with van der Waals surface area (Å²) in [7, 11) is 0. The molecule has 0 unspecified atom stereocenters. The van der Waals surface area contributed by atoms with Gasteiger partial charge in [0, 0.05) is 11.4 Å². The molecule has 1 aromatic rings. The lowest BCUT2D eigenvalue weighted by Crippen LogP contribution is -2.39. The van der Waals surface area contributed by atoms with Crippen LogP contribution in [0.2, 0.25) is 0 Å². The molecule has 1 aliphatic heterocycles. The van der Waals surface area contributed by atoms with Crippen LogP contribution in [0.25, 0.3) is 0 Å². The zero-order chi connectivity index (χ0) is 14.2. The zero-order valence-electron chi connectivity index (χ0n) is 11.2. The first kappa shape index (κ1) is 13.9. The van der Waals surface area contributed by atoms with E-state index in [1.165, 1.54) is 11.3 Å². The number of rotatable bonds is 1. The minimum atomic E-state index is -1.16. The number of nitrogens with zero attached hydrogens (tertiary/aromatic N) is 1. The number of carbonyl (C=O) groups excluding carboxylic acids is 2. The Morgan fingerprint density at radius 3 is 2.68 bits per heavy atom. The van der Waals surface area contributed by atoms with Gasteiger partial charge in [0.1, 0.15) is 5.60 Å². The van der Waals surface area contributed by atoms with Crippen LogP contribution in [0.1, 0.15) is 40.9 Å². The van der Waals surface area contributed by atoms with Crippen LogP contribution in [0.5, 0.6) is 0 Å². The Balaban J connectivity index is 2.09. The van der Waals surface area contributed by atoms with E-state index in [1.807, 2.05) is 20.8 Å². The molecule has 2 heterocycles. The molecule has 0 spiro atoms. The van der Waals surface area contributed by atoms with Crippen molar-refractivity contribution < 1.29 is 19.4 Å². The minimum Gasteiger partial charge on any atom is -0.544 e. The third kappa shape index (κ3) is 3.26. The maximum atomic E-state index is 11.9. The molecule has 0 atom stereocenters. The molecule has 0 saturated heterocycles. The highest BCUT2D eigenvalue weighted by Crippen LogP contribution is 2.28. The van der Waals surface area contributed by atoms with Crippen molar-refractivity contribution >= 4 is 23.4 Å². The molecule has 0 radical (unpaired) electrons. The fourth-order valence-corrected chi connectivity index (χ4v) is 2.91. The molecule has 6 heteroatoms. The van der Waals surface area contributed by atoms with Crippen molar-refractivity contribution in [2.45, 2.75) is 39.3 Å². The van der Waals surface area contributed by atoms with Gasteiger partial charge in [0.05, 0.1) is 17.4 Å². The lowest BCUT2D eigenvalue weighted by Gasteiger charge is -2.29. The first-order valence-corrected chi connectivity index (χ1v) is 6.89. The SMILES string of the molecule is CC(C)(C)OC(=O)N1CCc2sc(C(=O)[O-])cc2C1. The van der Waals surface area contributed by atoms with E-state index in [1.54, 1.807) is 11.0 Å². The van der Waals surface area contributed by atoms with Crippen LogP contribution in [0, 0.1) is 0 Å². The van der Waals surface area contributed by atoms with Gasteiger partial charge in [-0.1, -0.05) is 0 Å². The molecule has 0 fully saturated rings.